The maximum Gasteiger partial charge on any atom is 0.260 e. The van der Waals surface area contributed by atoms with E-state index in [1.807, 2.05) is 37.3 Å². The molecule has 0 radical (unpaired) electrons. The summed E-state index contributed by atoms with van der Waals surface area (Å²) < 4.78 is 1.07. The topological polar surface area (TPSA) is 33.2 Å². The maximum atomic E-state index is 13.4. The first-order valence-corrected chi connectivity index (χ1v) is 10.7. The van der Waals surface area contributed by atoms with Crippen molar-refractivity contribution in [3.63, 3.8) is 0 Å². The predicted octanol–water partition coefficient (Wildman–Crippen LogP) is 7.07. The molecule has 4 aromatic rings. The van der Waals surface area contributed by atoms with E-state index in [2.05, 4.69) is 19.1 Å². The molecular weight excluding hydrogens is 423 g/mol. The van der Waals surface area contributed by atoms with Crippen molar-refractivity contribution < 1.29 is 4.79 Å². The van der Waals surface area contributed by atoms with E-state index < -0.39 is 0 Å². The highest BCUT2D eigenvalue weighted by Crippen LogP contribution is 2.34. The molecule has 0 bridgehead atoms. The molecule has 0 fully saturated rings. The molecule has 0 aliphatic carbocycles. The maximum absolute atomic E-state index is 13.4. The summed E-state index contributed by atoms with van der Waals surface area (Å²) in [5.74, 6) is -0.166. The Bertz CT molecular complexity index is 1200. The van der Waals surface area contributed by atoms with Crippen LogP contribution in [-0.2, 0) is 6.54 Å². The number of hydrogen-bond acceptors (Lipinski definition) is 3. The van der Waals surface area contributed by atoms with E-state index in [1.54, 1.807) is 23.1 Å². The van der Waals surface area contributed by atoms with Gasteiger partial charge >= 0.3 is 0 Å². The van der Waals surface area contributed by atoms with Crippen molar-refractivity contribution in [1.82, 2.24) is 4.98 Å². The highest BCUT2D eigenvalue weighted by Gasteiger charge is 2.23. The summed E-state index contributed by atoms with van der Waals surface area (Å²) in [6.45, 7) is 4.52. The van der Waals surface area contributed by atoms with Gasteiger partial charge in [-0.15, -0.1) is 0 Å². The van der Waals surface area contributed by atoms with Crippen LogP contribution in [0.15, 0.2) is 60.7 Å². The van der Waals surface area contributed by atoms with Crippen molar-refractivity contribution >= 4 is 55.8 Å². The lowest BCUT2D eigenvalue weighted by atomic mass is 10.1. The minimum absolute atomic E-state index is 0.166. The molecule has 1 amide bonds. The fraction of sp³-hybridized carbons (Fsp3) is 0.130. The van der Waals surface area contributed by atoms with E-state index in [-0.39, 0.29) is 5.91 Å². The monoisotopic (exact) mass is 440 g/mol. The van der Waals surface area contributed by atoms with E-state index >= 15 is 0 Å². The number of carbonyl (C=O) groups is 1. The average molecular weight is 441 g/mol. The number of amides is 1. The molecule has 0 aliphatic heterocycles. The number of thiazole rings is 1. The molecule has 0 atom stereocenters. The zero-order valence-electron chi connectivity index (χ0n) is 15.9. The summed E-state index contributed by atoms with van der Waals surface area (Å²) in [6, 6.07) is 19.0. The van der Waals surface area contributed by atoms with Gasteiger partial charge in [0.1, 0.15) is 0 Å². The summed E-state index contributed by atoms with van der Waals surface area (Å²) in [6.07, 6.45) is 0. The van der Waals surface area contributed by atoms with E-state index in [9.17, 15) is 4.79 Å². The van der Waals surface area contributed by atoms with Crippen molar-refractivity contribution in [3.05, 3.63) is 93.0 Å². The number of rotatable bonds is 4. The lowest BCUT2D eigenvalue weighted by Crippen LogP contribution is -2.30. The van der Waals surface area contributed by atoms with Gasteiger partial charge in [0.15, 0.2) is 5.13 Å². The number of aryl methyl sites for hydroxylation is 2. The highest BCUT2D eigenvalue weighted by molar-refractivity contribution is 7.22. The molecule has 0 spiro atoms. The van der Waals surface area contributed by atoms with Gasteiger partial charge in [0.25, 0.3) is 5.91 Å². The Balaban J connectivity index is 1.80. The Morgan fingerprint density at radius 2 is 1.76 bits per heavy atom. The minimum Gasteiger partial charge on any atom is -0.279 e. The molecule has 1 aromatic heterocycles. The van der Waals surface area contributed by atoms with E-state index in [0.717, 1.165) is 21.3 Å². The Morgan fingerprint density at radius 1 is 1.00 bits per heavy atom. The molecule has 4 rings (SSSR count). The number of benzene rings is 3. The zero-order valence-corrected chi connectivity index (χ0v) is 18.3. The number of anilines is 1. The number of nitrogens with zero attached hydrogens (tertiary/aromatic N) is 2. The van der Waals surface area contributed by atoms with Crippen LogP contribution in [0.4, 0.5) is 5.13 Å². The first-order chi connectivity index (χ1) is 13.9. The van der Waals surface area contributed by atoms with E-state index in [4.69, 9.17) is 28.2 Å². The number of fused-ring (bicyclic) bond motifs is 1. The van der Waals surface area contributed by atoms with Crippen LogP contribution in [0.5, 0.6) is 0 Å². The second kappa shape index (κ2) is 8.15. The number of aromatic nitrogens is 1. The zero-order chi connectivity index (χ0) is 20.5. The third kappa shape index (κ3) is 4.15. The van der Waals surface area contributed by atoms with E-state index in [1.165, 1.54) is 16.9 Å². The molecule has 3 aromatic carbocycles. The van der Waals surface area contributed by atoms with Crippen LogP contribution in [0.25, 0.3) is 10.2 Å². The fourth-order valence-electron chi connectivity index (χ4n) is 3.25. The number of carbonyl (C=O) groups excluding carboxylic acids is 1. The van der Waals surface area contributed by atoms with Crippen LogP contribution in [0.2, 0.25) is 10.0 Å². The molecule has 0 saturated heterocycles. The van der Waals surface area contributed by atoms with Crippen molar-refractivity contribution in [3.8, 4) is 0 Å². The number of halogens is 2. The Morgan fingerprint density at radius 3 is 2.48 bits per heavy atom. The standard InChI is InChI=1S/C23H18Cl2N2OS/c1-14-10-15(2)21-20(11-14)29-23(26-21)27(13-16-6-4-3-5-7-16)22(28)17-8-9-18(24)19(25)12-17/h3-12H,13H2,1-2H3. The number of hydrogen-bond donors (Lipinski definition) is 0. The summed E-state index contributed by atoms with van der Waals surface area (Å²) in [5.41, 5.74) is 4.70. The predicted molar refractivity (Wildman–Crippen MR) is 123 cm³/mol. The van der Waals surface area contributed by atoms with E-state index in [0.29, 0.717) is 27.3 Å². The second-order valence-corrected chi connectivity index (χ2v) is 8.75. The van der Waals surface area contributed by atoms with Crippen LogP contribution in [0.3, 0.4) is 0 Å². The molecule has 3 nitrogen and oxygen atoms in total. The van der Waals surface area contributed by atoms with Crippen LogP contribution >= 0.6 is 34.5 Å². The minimum atomic E-state index is -0.166. The van der Waals surface area contributed by atoms with Crippen molar-refractivity contribution in [2.24, 2.45) is 0 Å². The van der Waals surface area contributed by atoms with Crippen molar-refractivity contribution in [1.29, 1.82) is 0 Å². The summed E-state index contributed by atoms with van der Waals surface area (Å²) >= 11 is 13.7. The SMILES string of the molecule is Cc1cc(C)c2nc(N(Cc3ccccc3)C(=O)c3ccc(Cl)c(Cl)c3)sc2c1. The molecule has 6 heteroatoms. The molecule has 0 unspecified atom stereocenters. The van der Waals surface area contributed by atoms with Gasteiger partial charge in [-0.1, -0.05) is 70.9 Å². The van der Waals surface area contributed by atoms with Gasteiger partial charge < -0.3 is 0 Å². The van der Waals surface area contributed by atoms with Crippen molar-refractivity contribution in [2.75, 3.05) is 4.90 Å². The van der Waals surface area contributed by atoms with Gasteiger partial charge in [-0.05, 0) is 54.8 Å². The quantitative estimate of drug-likeness (QED) is 0.339. The molecule has 0 N–H and O–H groups in total. The van der Waals surface area contributed by atoms with Gasteiger partial charge in [0.05, 0.1) is 26.8 Å². The smallest absolute Gasteiger partial charge is 0.260 e. The highest BCUT2D eigenvalue weighted by atomic mass is 35.5. The van der Waals surface area contributed by atoms with Crippen LogP contribution < -0.4 is 4.90 Å². The Kier molecular flexibility index (Phi) is 5.59. The Labute approximate surface area is 183 Å². The summed E-state index contributed by atoms with van der Waals surface area (Å²) in [5, 5.41) is 1.44. The van der Waals surface area contributed by atoms with Gasteiger partial charge in [-0.25, -0.2) is 4.98 Å². The Hall–Kier alpha value is -2.40. The summed E-state index contributed by atoms with van der Waals surface area (Å²) in [7, 11) is 0. The lowest BCUT2D eigenvalue weighted by Gasteiger charge is -2.20. The molecule has 146 valence electrons. The largest absolute Gasteiger partial charge is 0.279 e. The molecule has 1 heterocycles. The first kappa shape index (κ1) is 19.9. The fourth-order valence-corrected chi connectivity index (χ4v) is 4.69. The first-order valence-electron chi connectivity index (χ1n) is 9.11. The van der Waals surface area contributed by atoms with Crippen molar-refractivity contribution in [2.45, 2.75) is 20.4 Å². The third-order valence-corrected chi connectivity index (χ3v) is 6.41. The molecule has 0 aliphatic rings. The van der Waals surface area contributed by atoms with Gasteiger partial charge in [-0.3, -0.25) is 9.69 Å². The van der Waals surface area contributed by atoms with Gasteiger partial charge in [0.2, 0.25) is 0 Å². The van der Waals surface area contributed by atoms with Gasteiger partial charge in [-0.2, -0.15) is 0 Å². The summed E-state index contributed by atoms with van der Waals surface area (Å²) in [4.78, 5) is 19.9. The average Bonchev–Trinajstić information content (AvgIpc) is 3.12. The van der Waals surface area contributed by atoms with Crippen LogP contribution in [0, 0.1) is 13.8 Å². The third-order valence-electron chi connectivity index (χ3n) is 4.64. The normalized spacial score (nSPS) is 11.0. The second-order valence-electron chi connectivity index (χ2n) is 6.93. The van der Waals surface area contributed by atoms with Crippen LogP contribution in [0.1, 0.15) is 27.0 Å². The van der Waals surface area contributed by atoms with Gasteiger partial charge in [0, 0.05) is 5.56 Å². The van der Waals surface area contributed by atoms with Crippen LogP contribution in [-0.4, -0.2) is 10.9 Å². The lowest BCUT2D eigenvalue weighted by molar-refractivity contribution is 0.0985. The molecule has 0 saturated carbocycles. The molecular formula is C23H18Cl2N2OS. The molecule has 29 heavy (non-hydrogen) atoms.